The number of halogens is 8. The Hall–Kier alpha value is 1.33. The topological polar surface area (TPSA) is 154 Å². The molecule has 1 fully saturated rings. The predicted molar refractivity (Wildman–Crippen MR) is 136 cm³/mol. The summed E-state index contributed by atoms with van der Waals surface area (Å²) in [4.78, 5) is 0. The largest absolute Gasteiger partial charge is 0.379 e. The van der Waals surface area contributed by atoms with Crippen molar-refractivity contribution in [2.45, 2.75) is 49.2 Å². The summed E-state index contributed by atoms with van der Waals surface area (Å²) in [6.07, 6.45) is 4.63. The Kier molecular flexibility index (Phi) is 13.7. The summed E-state index contributed by atoms with van der Waals surface area (Å²) >= 11 is 22.4. The second-order valence-corrected chi connectivity index (χ2v) is 20.4. The van der Waals surface area contributed by atoms with E-state index in [1.807, 2.05) is 0 Å². The molecule has 2 heterocycles. The minimum atomic E-state index is -4.98. The van der Waals surface area contributed by atoms with E-state index in [-0.39, 0.29) is 0 Å². The number of aliphatic hydroxyl groups is 2. The van der Waals surface area contributed by atoms with Gasteiger partial charge in [-0.2, -0.15) is 22.1 Å². The van der Waals surface area contributed by atoms with E-state index < -0.39 is 42.6 Å². The fourth-order valence-corrected chi connectivity index (χ4v) is 19.9. The molecule has 2 aliphatic heterocycles. The maximum absolute atomic E-state index is 13.5. The van der Waals surface area contributed by atoms with Crippen LogP contribution in [0.1, 0.15) is 25.7 Å². The highest BCUT2D eigenvalue weighted by Gasteiger charge is 2.79. The van der Waals surface area contributed by atoms with E-state index in [2.05, 4.69) is 24.2 Å². The average molecular weight is 639 g/mol. The molecule has 1 saturated heterocycles. The number of rotatable bonds is 11. The summed E-state index contributed by atoms with van der Waals surface area (Å²) < 4.78 is 63.9. The summed E-state index contributed by atoms with van der Waals surface area (Å²) in [5, 5.41) is 25.8. The van der Waals surface area contributed by atoms with Crippen LogP contribution in [0.2, 0.25) is 0 Å². The molecule has 0 saturated carbocycles. The van der Waals surface area contributed by atoms with Gasteiger partial charge in [-0.1, -0.05) is 0 Å². The summed E-state index contributed by atoms with van der Waals surface area (Å²) in [7, 11) is -4.57. The molecule has 0 radical (unpaired) electrons. The van der Waals surface area contributed by atoms with Crippen molar-refractivity contribution >= 4 is 64.0 Å². The SMILES string of the molecule is NCCCNCCCCNCCCN.OC1C(F)(F)C(F)(F)C(O)P12=NP(Cl)(Cl)=NP(Cl)(Cl)=N2. The molecule has 2 atom stereocenters. The van der Waals surface area contributed by atoms with Gasteiger partial charge in [-0.3, -0.25) is 0 Å². The molecule has 0 aromatic carbocycles. The van der Waals surface area contributed by atoms with E-state index in [4.69, 9.17) is 56.4 Å². The fourth-order valence-electron chi connectivity index (χ4n) is 2.88. The van der Waals surface area contributed by atoms with Crippen LogP contribution in [0.5, 0.6) is 0 Å². The van der Waals surface area contributed by atoms with Crippen molar-refractivity contribution in [1.82, 2.24) is 10.6 Å². The molecule has 20 heteroatoms. The Morgan fingerprint density at radius 3 is 1.38 bits per heavy atom. The molecular weight excluding hydrogens is 609 g/mol. The summed E-state index contributed by atoms with van der Waals surface area (Å²) in [5.41, 5.74) is 10.8. The molecule has 2 unspecified atom stereocenters. The monoisotopic (exact) mass is 637 g/mol. The van der Waals surface area contributed by atoms with E-state index in [9.17, 15) is 27.8 Å². The minimum Gasteiger partial charge on any atom is -0.379 e. The van der Waals surface area contributed by atoms with Crippen LogP contribution in [0.4, 0.5) is 17.6 Å². The maximum Gasteiger partial charge on any atom is 0.345 e. The van der Waals surface area contributed by atoms with Crippen molar-refractivity contribution in [3.63, 3.8) is 0 Å². The Balaban J connectivity index is 0.000000365. The molecule has 1 spiro atoms. The number of nitrogens with two attached hydrogens (primary N) is 2. The normalized spacial score (nSPS) is 30.0. The molecule has 0 aromatic rings. The van der Waals surface area contributed by atoms with E-state index in [0.29, 0.717) is 0 Å². The van der Waals surface area contributed by atoms with Crippen LogP contribution >= 0.6 is 64.0 Å². The Morgan fingerprint density at radius 1 is 0.676 bits per heavy atom. The molecule has 0 bridgehead atoms. The lowest BCUT2D eigenvalue weighted by Crippen LogP contribution is -2.46. The fraction of sp³-hybridized carbons (Fsp3) is 1.00. The molecule has 9 nitrogen and oxygen atoms in total. The lowest BCUT2D eigenvalue weighted by Gasteiger charge is -2.27. The van der Waals surface area contributed by atoms with Crippen molar-refractivity contribution in [3.05, 3.63) is 0 Å². The smallest absolute Gasteiger partial charge is 0.345 e. The van der Waals surface area contributed by atoms with Gasteiger partial charge in [0.15, 0.2) is 18.9 Å². The van der Waals surface area contributed by atoms with Gasteiger partial charge in [0, 0.05) is 0 Å². The Morgan fingerprint density at radius 2 is 1.03 bits per heavy atom. The van der Waals surface area contributed by atoms with E-state index >= 15 is 0 Å². The third-order valence-electron chi connectivity index (χ3n) is 4.60. The van der Waals surface area contributed by atoms with Gasteiger partial charge in [-0.15, -0.1) is 0 Å². The zero-order valence-electron chi connectivity index (χ0n) is 18.0. The van der Waals surface area contributed by atoms with Crippen LogP contribution in [-0.2, 0) is 0 Å². The Bertz CT molecular complexity index is 788. The summed E-state index contributed by atoms with van der Waals surface area (Å²) in [6.45, 7) is 5.90. The molecule has 34 heavy (non-hydrogen) atoms. The zero-order chi connectivity index (χ0) is 26.3. The number of alkyl halides is 4. The zero-order valence-corrected chi connectivity index (χ0v) is 23.7. The van der Waals surface area contributed by atoms with Crippen LogP contribution in [0.25, 0.3) is 0 Å². The molecule has 0 amide bonds. The molecule has 8 N–H and O–H groups in total. The van der Waals surface area contributed by atoms with Gasteiger partial charge in [-0.25, -0.2) is 9.03 Å². The number of nitrogens with zero attached hydrogens (tertiary/aromatic N) is 3. The average Bonchev–Trinajstić information content (AvgIpc) is 2.79. The van der Waals surface area contributed by atoms with Crippen molar-refractivity contribution < 1.29 is 27.8 Å². The third kappa shape index (κ3) is 8.69. The summed E-state index contributed by atoms with van der Waals surface area (Å²) in [5.74, 6) is -23.8. The van der Waals surface area contributed by atoms with Crippen molar-refractivity contribution in [2.75, 3.05) is 39.3 Å². The van der Waals surface area contributed by atoms with E-state index in [1.165, 1.54) is 12.8 Å². The number of aliphatic hydroxyl groups excluding tert-OH is 2. The van der Waals surface area contributed by atoms with Crippen LogP contribution in [0, 0.1) is 0 Å². The number of nitrogens with one attached hydrogen (secondary N) is 2. The molecule has 0 aliphatic carbocycles. The van der Waals surface area contributed by atoms with Gasteiger partial charge in [-0.05, 0) is 110 Å². The maximum atomic E-state index is 13.5. The first kappa shape index (κ1) is 33.4. The summed E-state index contributed by atoms with van der Waals surface area (Å²) in [6, 6.07) is 0. The predicted octanol–water partition coefficient (Wildman–Crippen LogP) is 5.53. The third-order valence-corrected chi connectivity index (χ3v) is 17.3. The molecule has 2 aliphatic rings. The highest BCUT2D eigenvalue weighted by molar-refractivity contribution is 8.21. The first-order valence-corrected chi connectivity index (χ1v) is 19.1. The molecule has 204 valence electrons. The van der Waals surface area contributed by atoms with Crippen molar-refractivity contribution in [2.24, 2.45) is 25.0 Å². The van der Waals surface area contributed by atoms with Gasteiger partial charge in [0.1, 0.15) is 0 Å². The van der Waals surface area contributed by atoms with Crippen molar-refractivity contribution in [1.29, 1.82) is 0 Å². The van der Waals surface area contributed by atoms with Gasteiger partial charge >= 0.3 is 11.8 Å². The van der Waals surface area contributed by atoms with Gasteiger partial charge in [0.25, 0.3) is 11.8 Å². The van der Waals surface area contributed by atoms with Gasteiger partial charge in [0.2, 0.25) is 0 Å². The lowest BCUT2D eigenvalue weighted by atomic mass is 10.2. The second-order valence-electron chi connectivity index (χ2n) is 7.36. The van der Waals surface area contributed by atoms with Gasteiger partial charge in [0.05, 0.1) is 0 Å². The van der Waals surface area contributed by atoms with Crippen LogP contribution in [-0.4, -0.2) is 73.0 Å². The standard InChI is InChI=1S/C10H26N4.C4H4Cl4F4N3O2P3/c11-5-3-9-13-7-1-2-8-14-10-4-6-12;5-19(6)13-18(14-20(7,8)15-19)1(16)3(9,10)4(11,12)2(18)17/h13-14H,1-12H2;1-2,16-17H. The second kappa shape index (κ2) is 13.9. The Labute approximate surface area is 215 Å². The van der Waals surface area contributed by atoms with Crippen LogP contribution in [0.15, 0.2) is 13.5 Å². The molecular formula is C14H30Cl4F4N7O2P3. The molecule has 2 rings (SSSR count). The lowest BCUT2D eigenvalue weighted by molar-refractivity contribution is -0.241. The number of unbranched alkanes of at least 4 members (excludes halogenated alkanes) is 1. The van der Waals surface area contributed by atoms with Crippen molar-refractivity contribution in [3.8, 4) is 0 Å². The quantitative estimate of drug-likeness (QED) is 0.0994. The minimum absolute atomic E-state index is 0.785. The van der Waals surface area contributed by atoms with E-state index in [1.54, 1.807) is 0 Å². The van der Waals surface area contributed by atoms with Crippen LogP contribution in [0.3, 0.4) is 0 Å². The number of hydrogen-bond donors (Lipinski definition) is 6. The molecule has 0 aromatic heterocycles. The van der Waals surface area contributed by atoms with Crippen LogP contribution < -0.4 is 22.1 Å². The highest BCUT2D eigenvalue weighted by atomic mass is 35.9. The highest BCUT2D eigenvalue weighted by Crippen LogP contribution is 2.90. The first-order chi connectivity index (χ1) is 15.6. The van der Waals surface area contributed by atoms with E-state index in [0.717, 1.165) is 52.1 Å². The van der Waals surface area contributed by atoms with Gasteiger partial charge < -0.3 is 32.3 Å². The number of hydrogen-bond acceptors (Lipinski definition) is 9. The first-order valence-electron chi connectivity index (χ1n) is 10.2.